The van der Waals surface area contributed by atoms with Gasteiger partial charge >= 0.3 is 0 Å². The molecule has 2 nitrogen and oxygen atoms in total. The summed E-state index contributed by atoms with van der Waals surface area (Å²) in [5.41, 5.74) is 17.6. The highest BCUT2D eigenvalue weighted by atomic mass is 15.0. The third kappa shape index (κ3) is 3.75. The van der Waals surface area contributed by atoms with E-state index in [-0.39, 0.29) is 0 Å². The van der Waals surface area contributed by atoms with Gasteiger partial charge in [-0.25, -0.2) is 0 Å². The molecule has 0 aliphatic rings. The number of nitrogens with two attached hydrogens (primary N) is 1. The predicted octanol–water partition coefficient (Wildman–Crippen LogP) is 9.37. The van der Waals surface area contributed by atoms with Gasteiger partial charge in [0, 0.05) is 22.1 Å². The van der Waals surface area contributed by atoms with Crippen molar-refractivity contribution in [1.29, 1.82) is 0 Å². The molecular weight excluding hydrogens is 460 g/mol. The van der Waals surface area contributed by atoms with Crippen LogP contribution in [0, 0.1) is 0 Å². The van der Waals surface area contributed by atoms with Crippen LogP contribution in [0.25, 0.3) is 60.9 Å². The van der Waals surface area contributed by atoms with Gasteiger partial charge in [-0.15, -0.1) is 0 Å². The van der Waals surface area contributed by atoms with Crippen LogP contribution in [0.4, 0.5) is 5.69 Å². The van der Waals surface area contributed by atoms with Gasteiger partial charge < -0.3 is 10.3 Å². The number of rotatable bonds is 4. The van der Waals surface area contributed by atoms with Crippen molar-refractivity contribution in [2.75, 3.05) is 5.73 Å². The number of hydrogen-bond donors (Lipinski definition) is 1. The molecule has 6 aromatic carbocycles. The lowest BCUT2D eigenvalue weighted by Crippen LogP contribution is -1.93. The number of benzene rings is 6. The van der Waals surface area contributed by atoms with Gasteiger partial charge in [-0.05, 0) is 69.8 Å². The van der Waals surface area contributed by atoms with Crippen LogP contribution in [0.2, 0.25) is 0 Å². The molecule has 2 N–H and O–H groups in total. The van der Waals surface area contributed by atoms with Crippen molar-refractivity contribution < 1.29 is 0 Å². The molecular formula is C36H26N2. The van der Waals surface area contributed by atoms with Gasteiger partial charge in [-0.1, -0.05) is 109 Å². The molecule has 0 saturated heterocycles. The summed E-state index contributed by atoms with van der Waals surface area (Å²) in [5.74, 6) is 0. The van der Waals surface area contributed by atoms with Gasteiger partial charge in [0.05, 0.1) is 11.0 Å². The first-order valence-corrected chi connectivity index (χ1v) is 12.9. The van der Waals surface area contributed by atoms with E-state index in [4.69, 9.17) is 5.73 Å². The second kappa shape index (κ2) is 9.10. The van der Waals surface area contributed by atoms with Gasteiger partial charge in [-0.2, -0.15) is 0 Å². The Morgan fingerprint density at radius 2 is 0.895 bits per heavy atom. The lowest BCUT2D eigenvalue weighted by Gasteiger charge is -2.13. The Kier molecular flexibility index (Phi) is 5.30. The lowest BCUT2D eigenvalue weighted by atomic mass is 9.93. The topological polar surface area (TPSA) is 30.9 Å². The van der Waals surface area contributed by atoms with Crippen LogP contribution in [-0.2, 0) is 0 Å². The maximum absolute atomic E-state index is 6.19. The minimum Gasteiger partial charge on any atom is -0.399 e. The van der Waals surface area contributed by atoms with Crippen molar-refractivity contribution in [3.05, 3.63) is 146 Å². The average Bonchev–Trinajstić information content (AvgIpc) is 3.32. The van der Waals surface area contributed by atoms with Crippen LogP contribution in [0.5, 0.6) is 0 Å². The Bertz CT molecular complexity index is 1840. The number of nitrogen functional groups attached to an aromatic ring is 1. The van der Waals surface area contributed by atoms with E-state index in [0.29, 0.717) is 0 Å². The van der Waals surface area contributed by atoms with E-state index in [0.717, 1.165) is 22.5 Å². The summed E-state index contributed by atoms with van der Waals surface area (Å²) < 4.78 is 2.35. The molecule has 0 radical (unpaired) electrons. The first-order valence-electron chi connectivity index (χ1n) is 12.9. The largest absolute Gasteiger partial charge is 0.399 e. The number of anilines is 1. The molecule has 38 heavy (non-hydrogen) atoms. The summed E-state index contributed by atoms with van der Waals surface area (Å²) >= 11 is 0. The van der Waals surface area contributed by atoms with E-state index < -0.39 is 0 Å². The van der Waals surface area contributed by atoms with Crippen LogP contribution in [0.3, 0.4) is 0 Å². The second-order valence-corrected chi connectivity index (χ2v) is 9.66. The molecule has 0 spiro atoms. The Hall–Kier alpha value is -5.08. The molecule has 2 heteroatoms. The molecule has 0 unspecified atom stereocenters. The van der Waals surface area contributed by atoms with E-state index >= 15 is 0 Å². The number of para-hydroxylation sites is 2. The van der Waals surface area contributed by atoms with Crippen LogP contribution in [-0.4, -0.2) is 4.57 Å². The maximum atomic E-state index is 6.19. The predicted molar refractivity (Wildman–Crippen MR) is 162 cm³/mol. The molecule has 7 aromatic rings. The minimum atomic E-state index is 0.768. The van der Waals surface area contributed by atoms with Crippen molar-refractivity contribution in [3.63, 3.8) is 0 Å². The molecule has 0 atom stereocenters. The van der Waals surface area contributed by atoms with Crippen LogP contribution in [0.1, 0.15) is 0 Å². The van der Waals surface area contributed by atoms with Gasteiger partial charge in [0.15, 0.2) is 0 Å². The molecule has 7 rings (SSSR count). The zero-order chi connectivity index (χ0) is 25.5. The fraction of sp³-hybridized carbons (Fsp3) is 0. The Morgan fingerprint density at radius 1 is 0.395 bits per heavy atom. The summed E-state index contributed by atoms with van der Waals surface area (Å²) in [5, 5.41) is 2.55. The van der Waals surface area contributed by atoms with Crippen molar-refractivity contribution >= 4 is 27.5 Å². The van der Waals surface area contributed by atoms with Crippen molar-refractivity contribution in [2.24, 2.45) is 0 Å². The fourth-order valence-corrected chi connectivity index (χ4v) is 5.52. The standard InChI is InChI=1S/C36H26N2/c37-29-20-23-31(27-8-2-1-3-9-27)34(24-29)28-16-14-25(15-17-28)26-18-21-30(22-19-26)38-35-12-6-4-10-32(35)33-11-5-7-13-36(33)38/h1-24H,37H2. The average molecular weight is 487 g/mol. The highest BCUT2D eigenvalue weighted by Gasteiger charge is 2.12. The third-order valence-corrected chi connectivity index (χ3v) is 7.36. The minimum absolute atomic E-state index is 0.768. The van der Waals surface area contributed by atoms with E-state index in [1.807, 2.05) is 12.1 Å². The number of nitrogens with zero attached hydrogens (tertiary/aromatic N) is 1. The normalized spacial score (nSPS) is 11.3. The zero-order valence-electron chi connectivity index (χ0n) is 20.9. The number of hydrogen-bond acceptors (Lipinski definition) is 1. The maximum Gasteiger partial charge on any atom is 0.0541 e. The first kappa shape index (κ1) is 22.1. The highest BCUT2D eigenvalue weighted by Crippen LogP contribution is 2.36. The monoisotopic (exact) mass is 486 g/mol. The van der Waals surface area contributed by atoms with Crippen LogP contribution < -0.4 is 5.73 Å². The fourth-order valence-electron chi connectivity index (χ4n) is 5.52. The van der Waals surface area contributed by atoms with Gasteiger partial charge in [0.25, 0.3) is 0 Å². The number of fused-ring (bicyclic) bond motifs is 3. The molecule has 0 aliphatic heterocycles. The van der Waals surface area contributed by atoms with E-state index in [1.54, 1.807) is 0 Å². The van der Waals surface area contributed by atoms with Crippen molar-refractivity contribution in [3.8, 4) is 39.1 Å². The molecule has 0 aliphatic carbocycles. The SMILES string of the molecule is Nc1ccc(-c2ccccc2)c(-c2ccc(-c3ccc(-n4c5ccccc5c5ccccc54)cc3)cc2)c1. The summed E-state index contributed by atoms with van der Waals surface area (Å²) in [7, 11) is 0. The van der Waals surface area contributed by atoms with E-state index in [9.17, 15) is 0 Å². The molecule has 0 bridgehead atoms. The van der Waals surface area contributed by atoms with Gasteiger partial charge in [0.1, 0.15) is 0 Å². The highest BCUT2D eigenvalue weighted by molar-refractivity contribution is 6.09. The third-order valence-electron chi connectivity index (χ3n) is 7.36. The summed E-state index contributed by atoms with van der Waals surface area (Å²) in [6.45, 7) is 0. The molecule has 1 aromatic heterocycles. The quantitative estimate of drug-likeness (QED) is 0.247. The smallest absolute Gasteiger partial charge is 0.0541 e. The summed E-state index contributed by atoms with van der Waals surface area (Å²) in [6.07, 6.45) is 0. The molecule has 0 amide bonds. The summed E-state index contributed by atoms with van der Waals surface area (Å²) in [4.78, 5) is 0. The lowest BCUT2D eigenvalue weighted by molar-refractivity contribution is 1.18. The zero-order valence-corrected chi connectivity index (χ0v) is 20.9. The first-order chi connectivity index (χ1) is 18.8. The van der Waals surface area contributed by atoms with Gasteiger partial charge in [-0.3, -0.25) is 0 Å². The Balaban J connectivity index is 1.25. The second-order valence-electron chi connectivity index (χ2n) is 9.66. The molecule has 1 heterocycles. The van der Waals surface area contributed by atoms with E-state index in [2.05, 4.69) is 138 Å². The van der Waals surface area contributed by atoms with Crippen LogP contribution in [0.15, 0.2) is 146 Å². The summed E-state index contributed by atoms with van der Waals surface area (Å²) in [6, 6.07) is 51.5. The number of aromatic nitrogens is 1. The molecule has 180 valence electrons. The van der Waals surface area contributed by atoms with Crippen molar-refractivity contribution in [2.45, 2.75) is 0 Å². The van der Waals surface area contributed by atoms with Gasteiger partial charge in [0.2, 0.25) is 0 Å². The van der Waals surface area contributed by atoms with E-state index in [1.165, 1.54) is 44.1 Å². The Morgan fingerprint density at radius 3 is 1.53 bits per heavy atom. The van der Waals surface area contributed by atoms with Crippen molar-refractivity contribution in [1.82, 2.24) is 4.57 Å². The molecule has 0 saturated carbocycles. The molecule has 0 fully saturated rings. The van der Waals surface area contributed by atoms with Crippen LogP contribution >= 0.6 is 0 Å². The Labute approximate surface area is 222 Å².